The van der Waals surface area contributed by atoms with Crippen LogP contribution in [0.4, 0.5) is 13.2 Å². The SMILES string of the molecule is C=C(/C=C\C(=C/C)OC)N1CCN(CCCC(=O)N2CCCN(C3=CCC(SC(F)(F)F)C=C3)CC2)CC1. The average molecular weight is 555 g/mol. The van der Waals surface area contributed by atoms with E-state index in [1.807, 2.05) is 36.1 Å². The van der Waals surface area contributed by atoms with Crippen molar-refractivity contribution in [2.24, 2.45) is 0 Å². The predicted octanol–water partition coefficient (Wildman–Crippen LogP) is 5.00. The molecule has 1 atom stereocenters. The summed E-state index contributed by atoms with van der Waals surface area (Å²) in [6.45, 7) is 13.6. The highest BCUT2D eigenvalue weighted by molar-refractivity contribution is 8.00. The summed E-state index contributed by atoms with van der Waals surface area (Å²) in [7, 11) is 1.65. The van der Waals surface area contributed by atoms with Gasteiger partial charge in [0.25, 0.3) is 0 Å². The largest absolute Gasteiger partial charge is 0.497 e. The molecule has 0 radical (unpaired) electrons. The lowest BCUT2D eigenvalue weighted by Gasteiger charge is -2.36. The van der Waals surface area contributed by atoms with Crippen LogP contribution in [0.1, 0.15) is 32.6 Å². The minimum absolute atomic E-state index is 0.0369. The molecule has 1 amide bonds. The van der Waals surface area contributed by atoms with Crippen molar-refractivity contribution < 1.29 is 22.7 Å². The summed E-state index contributed by atoms with van der Waals surface area (Å²) in [5.74, 6) is 1.00. The van der Waals surface area contributed by atoms with E-state index >= 15 is 0 Å². The second kappa shape index (κ2) is 14.7. The molecule has 2 aliphatic heterocycles. The topological polar surface area (TPSA) is 39.3 Å². The van der Waals surface area contributed by atoms with Gasteiger partial charge in [0.15, 0.2) is 0 Å². The number of allylic oxidation sites excluding steroid dienone is 5. The monoisotopic (exact) mass is 554 g/mol. The third kappa shape index (κ3) is 9.76. The molecule has 38 heavy (non-hydrogen) atoms. The van der Waals surface area contributed by atoms with Crippen LogP contribution in [0.3, 0.4) is 0 Å². The van der Waals surface area contributed by atoms with Gasteiger partial charge in [-0.1, -0.05) is 18.7 Å². The molecule has 0 aromatic carbocycles. The molecule has 212 valence electrons. The number of carbonyl (C=O) groups excluding carboxylic acids is 1. The van der Waals surface area contributed by atoms with Crippen LogP contribution < -0.4 is 0 Å². The lowest BCUT2D eigenvalue weighted by molar-refractivity contribution is -0.131. The standard InChI is InChI=1S/C28H41F3N4O2S/c1-4-25(37-3)11-8-23(2)33-19-17-32(18-20-33)14-5-7-27(36)35-16-6-15-34(21-22-35)24-9-12-26(13-10-24)38-28(29,30)31/h4,8-12,26H,2,5-7,13-22H2,1,3H3/b11-8-,25-4+. The number of alkyl halides is 3. The van der Waals surface area contributed by atoms with Crippen LogP contribution in [0.5, 0.6) is 0 Å². The lowest BCUT2D eigenvalue weighted by atomic mass is 10.1. The molecule has 1 unspecified atom stereocenters. The van der Waals surface area contributed by atoms with Crippen molar-refractivity contribution in [1.82, 2.24) is 19.6 Å². The number of methoxy groups -OCH3 is 1. The molecule has 0 aromatic heterocycles. The second-order valence-electron chi connectivity index (χ2n) is 9.70. The Morgan fingerprint density at radius 1 is 1.11 bits per heavy atom. The Morgan fingerprint density at radius 3 is 2.47 bits per heavy atom. The van der Waals surface area contributed by atoms with Gasteiger partial charge in [0.05, 0.1) is 7.11 Å². The number of rotatable bonds is 10. The van der Waals surface area contributed by atoms with Gasteiger partial charge >= 0.3 is 5.51 Å². The molecule has 0 saturated carbocycles. The van der Waals surface area contributed by atoms with E-state index < -0.39 is 10.8 Å². The average Bonchev–Trinajstić information content (AvgIpc) is 3.15. The highest BCUT2D eigenvalue weighted by atomic mass is 32.2. The molecule has 0 N–H and O–H groups in total. The Hall–Kier alpha value is -2.33. The first-order valence-electron chi connectivity index (χ1n) is 13.4. The Morgan fingerprint density at radius 2 is 1.84 bits per heavy atom. The Balaban J connectivity index is 1.34. The molecule has 0 aromatic rings. The van der Waals surface area contributed by atoms with E-state index in [1.165, 1.54) is 0 Å². The Bertz CT molecular complexity index is 924. The van der Waals surface area contributed by atoms with Crippen LogP contribution in [0.15, 0.2) is 60.2 Å². The fourth-order valence-electron chi connectivity index (χ4n) is 4.94. The van der Waals surface area contributed by atoms with Gasteiger partial charge in [-0.3, -0.25) is 9.69 Å². The van der Waals surface area contributed by atoms with E-state index in [9.17, 15) is 18.0 Å². The summed E-state index contributed by atoms with van der Waals surface area (Å²) in [5, 5.41) is -0.560. The van der Waals surface area contributed by atoms with E-state index in [1.54, 1.807) is 19.3 Å². The number of ether oxygens (including phenoxy) is 1. The maximum atomic E-state index is 12.9. The molecule has 0 spiro atoms. The molecule has 10 heteroatoms. The summed E-state index contributed by atoms with van der Waals surface area (Å²) in [6.07, 6.45) is 13.8. The van der Waals surface area contributed by atoms with E-state index in [-0.39, 0.29) is 17.7 Å². The number of hydrogen-bond acceptors (Lipinski definition) is 6. The summed E-state index contributed by atoms with van der Waals surface area (Å²) in [5.41, 5.74) is -2.27. The minimum atomic E-state index is -4.22. The van der Waals surface area contributed by atoms with Crippen LogP contribution in [0.2, 0.25) is 0 Å². The summed E-state index contributed by atoms with van der Waals surface area (Å²) in [6, 6.07) is 0. The lowest BCUT2D eigenvalue weighted by Crippen LogP contribution is -2.45. The van der Waals surface area contributed by atoms with Crippen LogP contribution in [-0.4, -0.2) is 102 Å². The van der Waals surface area contributed by atoms with Crippen LogP contribution in [0.25, 0.3) is 0 Å². The molecular formula is C28H41F3N4O2S. The highest BCUT2D eigenvalue weighted by Crippen LogP contribution is 2.37. The maximum Gasteiger partial charge on any atom is 0.442 e. The summed E-state index contributed by atoms with van der Waals surface area (Å²) in [4.78, 5) is 21.7. The summed E-state index contributed by atoms with van der Waals surface area (Å²) < 4.78 is 43.1. The van der Waals surface area contributed by atoms with Crippen LogP contribution in [0, 0.1) is 0 Å². The first kappa shape index (κ1) is 30.2. The van der Waals surface area contributed by atoms with Crippen molar-refractivity contribution in [2.45, 2.75) is 43.4 Å². The molecule has 2 fully saturated rings. The van der Waals surface area contributed by atoms with Crippen molar-refractivity contribution in [3.63, 3.8) is 0 Å². The quantitative estimate of drug-likeness (QED) is 0.280. The maximum absolute atomic E-state index is 12.9. The number of hydrogen-bond donors (Lipinski definition) is 0. The van der Waals surface area contributed by atoms with Crippen LogP contribution in [-0.2, 0) is 9.53 Å². The number of thioether (sulfide) groups is 1. The fourth-order valence-corrected chi connectivity index (χ4v) is 5.64. The molecular weight excluding hydrogens is 513 g/mol. The molecule has 2 saturated heterocycles. The van der Waals surface area contributed by atoms with Gasteiger partial charge in [-0.15, -0.1) is 0 Å². The van der Waals surface area contributed by atoms with Gasteiger partial charge in [-0.05, 0) is 68.8 Å². The van der Waals surface area contributed by atoms with Gasteiger partial charge in [-0.25, -0.2) is 0 Å². The van der Waals surface area contributed by atoms with Crippen molar-refractivity contribution in [2.75, 3.05) is 66.0 Å². The van der Waals surface area contributed by atoms with Crippen LogP contribution >= 0.6 is 11.8 Å². The summed E-state index contributed by atoms with van der Waals surface area (Å²) >= 11 is 0.0369. The van der Waals surface area contributed by atoms with Gasteiger partial charge in [-0.2, -0.15) is 13.2 Å². The zero-order valence-corrected chi connectivity index (χ0v) is 23.4. The van der Waals surface area contributed by atoms with Gasteiger partial charge in [0, 0.05) is 75.4 Å². The van der Waals surface area contributed by atoms with Crippen molar-refractivity contribution in [1.29, 1.82) is 0 Å². The van der Waals surface area contributed by atoms with Crippen molar-refractivity contribution >= 4 is 17.7 Å². The van der Waals surface area contributed by atoms with E-state index in [2.05, 4.69) is 21.3 Å². The number of carbonyl (C=O) groups is 1. The molecule has 1 aliphatic carbocycles. The van der Waals surface area contributed by atoms with E-state index in [0.717, 1.165) is 75.8 Å². The predicted molar refractivity (Wildman–Crippen MR) is 148 cm³/mol. The molecule has 3 aliphatic rings. The molecule has 2 heterocycles. The second-order valence-corrected chi connectivity index (χ2v) is 11.0. The number of amides is 1. The highest BCUT2D eigenvalue weighted by Gasteiger charge is 2.32. The van der Waals surface area contributed by atoms with E-state index in [0.29, 0.717) is 25.9 Å². The van der Waals surface area contributed by atoms with Gasteiger partial charge < -0.3 is 19.4 Å². The minimum Gasteiger partial charge on any atom is -0.497 e. The molecule has 3 rings (SSSR count). The smallest absolute Gasteiger partial charge is 0.442 e. The first-order valence-corrected chi connectivity index (χ1v) is 14.3. The molecule has 0 bridgehead atoms. The third-order valence-electron chi connectivity index (χ3n) is 7.14. The molecule has 6 nitrogen and oxygen atoms in total. The van der Waals surface area contributed by atoms with Crippen molar-refractivity contribution in [3.05, 3.63) is 60.2 Å². The first-order chi connectivity index (χ1) is 18.2. The van der Waals surface area contributed by atoms with E-state index in [4.69, 9.17) is 4.74 Å². The van der Waals surface area contributed by atoms with Crippen molar-refractivity contribution in [3.8, 4) is 0 Å². The fraction of sp³-hybridized carbons (Fsp3) is 0.607. The Kier molecular flexibility index (Phi) is 11.7. The normalized spacial score (nSPS) is 22.0. The zero-order valence-electron chi connectivity index (χ0n) is 22.6. The zero-order chi connectivity index (χ0) is 27.5. The third-order valence-corrected chi connectivity index (χ3v) is 8.06. The number of piperazine rings is 1. The van der Waals surface area contributed by atoms with Gasteiger partial charge in [0.1, 0.15) is 5.76 Å². The number of nitrogens with zero attached hydrogens (tertiary/aromatic N) is 4. The Labute approximate surface area is 229 Å². The number of halogens is 3. The van der Waals surface area contributed by atoms with Gasteiger partial charge in [0.2, 0.25) is 5.91 Å².